The average Bonchev–Trinajstić information content (AvgIpc) is 2.50. The van der Waals surface area contributed by atoms with E-state index in [4.69, 9.17) is 0 Å². The van der Waals surface area contributed by atoms with Gasteiger partial charge in [0, 0.05) is 16.1 Å². The summed E-state index contributed by atoms with van der Waals surface area (Å²) < 4.78 is 0.984. The first-order valence-electron chi connectivity index (χ1n) is 7.27. The largest absolute Gasteiger partial charge is 0.326 e. The molecule has 1 aliphatic rings. The molecule has 1 N–H and O–H groups in total. The summed E-state index contributed by atoms with van der Waals surface area (Å²) >= 11 is 3.45. The fourth-order valence-electron chi connectivity index (χ4n) is 2.89. The Bertz CT molecular complexity index is 681. The van der Waals surface area contributed by atoms with Crippen molar-refractivity contribution in [2.45, 2.75) is 26.2 Å². The number of hydrogen-bond donors (Lipinski definition) is 1. The summed E-state index contributed by atoms with van der Waals surface area (Å²) in [4.78, 5) is 12.5. The maximum atomic E-state index is 12.5. The van der Waals surface area contributed by atoms with Gasteiger partial charge < -0.3 is 5.32 Å². The minimum atomic E-state index is 0.0679. The molecule has 0 saturated heterocycles. The minimum absolute atomic E-state index is 0.0679. The summed E-state index contributed by atoms with van der Waals surface area (Å²) in [5, 5.41) is 3.08. The van der Waals surface area contributed by atoms with Crippen molar-refractivity contribution < 1.29 is 4.79 Å². The van der Waals surface area contributed by atoms with E-state index in [0.29, 0.717) is 0 Å². The molecule has 0 saturated carbocycles. The second-order valence-corrected chi connectivity index (χ2v) is 6.57. The van der Waals surface area contributed by atoms with Crippen LogP contribution in [0.5, 0.6) is 0 Å². The third kappa shape index (κ3) is 3.18. The van der Waals surface area contributed by atoms with Crippen molar-refractivity contribution in [1.29, 1.82) is 0 Å². The Hall–Kier alpha value is -1.61. The van der Waals surface area contributed by atoms with Gasteiger partial charge in [0.1, 0.15) is 0 Å². The first-order chi connectivity index (χ1) is 10.1. The SMILES string of the molecule is Cc1ccc(Br)cc1NC(=O)C1CCc2ccccc2C1. The third-order valence-electron chi connectivity index (χ3n) is 4.18. The van der Waals surface area contributed by atoms with Gasteiger partial charge in [0.15, 0.2) is 0 Å². The van der Waals surface area contributed by atoms with E-state index in [0.717, 1.165) is 35.0 Å². The first-order valence-corrected chi connectivity index (χ1v) is 8.06. The number of amides is 1. The highest BCUT2D eigenvalue weighted by molar-refractivity contribution is 9.10. The molecule has 0 fully saturated rings. The zero-order valence-corrected chi connectivity index (χ0v) is 13.6. The normalized spacial score (nSPS) is 17.1. The maximum absolute atomic E-state index is 12.5. The molecule has 2 aromatic carbocycles. The highest BCUT2D eigenvalue weighted by Crippen LogP contribution is 2.27. The molecule has 3 rings (SSSR count). The quantitative estimate of drug-likeness (QED) is 0.854. The van der Waals surface area contributed by atoms with Crippen LogP contribution in [0.15, 0.2) is 46.9 Å². The third-order valence-corrected chi connectivity index (χ3v) is 4.67. The molecule has 21 heavy (non-hydrogen) atoms. The van der Waals surface area contributed by atoms with E-state index in [1.54, 1.807) is 0 Å². The molecule has 0 bridgehead atoms. The predicted octanol–water partition coefficient (Wildman–Crippen LogP) is 4.50. The van der Waals surface area contributed by atoms with Crippen LogP contribution >= 0.6 is 15.9 Å². The van der Waals surface area contributed by atoms with Gasteiger partial charge in [0.25, 0.3) is 0 Å². The number of carbonyl (C=O) groups is 1. The second-order valence-electron chi connectivity index (χ2n) is 5.66. The molecule has 0 aliphatic heterocycles. The highest BCUT2D eigenvalue weighted by atomic mass is 79.9. The Morgan fingerprint density at radius 3 is 2.76 bits per heavy atom. The Morgan fingerprint density at radius 2 is 1.95 bits per heavy atom. The predicted molar refractivity (Wildman–Crippen MR) is 89.5 cm³/mol. The molecule has 0 radical (unpaired) electrons. The molecule has 1 unspecified atom stereocenters. The Kier molecular flexibility index (Phi) is 4.11. The summed E-state index contributed by atoms with van der Waals surface area (Å²) in [6.45, 7) is 2.01. The summed E-state index contributed by atoms with van der Waals surface area (Å²) in [5.41, 5.74) is 4.69. The van der Waals surface area contributed by atoms with E-state index < -0.39 is 0 Å². The lowest BCUT2D eigenvalue weighted by Gasteiger charge is -2.24. The van der Waals surface area contributed by atoms with Crippen LogP contribution in [0.4, 0.5) is 5.69 Å². The van der Waals surface area contributed by atoms with Gasteiger partial charge in [-0.05, 0) is 55.0 Å². The molecule has 2 nitrogen and oxygen atoms in total. The molecular weight excluding hydrogens is 326 g/mol. The van der Waals surface area contributed by atoms with E-state index in [1.807, 2.05) is 25.1 Å². The number of anilines is 1. The molecule has 1 aliphatic carbocycles. The van der Waals surface area contributed by atoms with Crippen LogP contribution in [-0.4, -0.2) is 5.91 Å². The number of fused-ring (bicyclic) bond motifs is 1. The number of hydrogen-bond acceptors (Lipinski definition) is 1. The van der Waals surface area contributed by atoms with Crippen molar-refractivity contribution in [3.05, 3.63) is 63.6 Å². The molecule has 0 aromatic heterocycles. The van der Waals surface area contributed by atoms with Gasteiger partial charge in [0.05, 0.1) is 0 Å². The Labute approximate surface area is 133 Å². The van der Waals surface area contributed by atoms with Crippen molar-refractivity contribution in [2.75, 3.05) is 5.32 Å². The number of carbonyl (C=O) groups excluding carboxylic acids is 1. The lowest BCUT2D eigenvalue weighted by Crippen LogP contribution is -2.28. The van der Waals surface area contributed by atoms with Gasteiger partial charge in [-0.15, -0.1) is 0 Å². The molecule has 1 atom stereocenters. The monoisotopic (exact) mass is 343 g/mol. The molecule has 1 amide bonds. The number of benzene rings is 2. The van der Waals surface area contributed by atoms with E-state index in [9.17, 15) is 4.79 Å². The molecule has 2 aromatic rings. The van der Waals surface area contributed by atoms with Gasteiger partial charge >= 0.3 is 0 Å². The van der Waals surface area contributed by atoms with Gasteiger partial charge in [0.2, 0.25) is 5.91 Å². The zero-order chi connectivity index (χ0) is 14.8. The average molecular weight is 344 g/mol. The van der Waals surface area contributed by atoms with Gasteiger partial charge in [-0.1, -0.05) is 46.3 Å². The van der Waals surface area contributed by atoms with Crippen molar-refractivity contribution in [2.24, 2.45) is 5.92 Å². The van der Waals surface area contributed by atoms with Crippen LogP contribution in [0.25, 0.3) is 0 Å². The standard InChI is InChI=1S/C18H18BrNO/c1-12-6-9-16(19)11-17(12)20-18(21)15-8-7-13-4-2-3-5-14(13)10-15/h2-6,9,11,15H,7-8,10H2,1H3,(H,20,21). The summed E-state index contributed by atoms with van der Waals surface area (Å²) in [5.74, 6) is 0.198. The van der Waals surface area contributed by atoms with Gasteiger partial charge in [-0.3, -0.25) is 4.79 Å². The number of halogens is 1. The number of nitrogens with one attached hydrogen (secondary N) is 1. The lowest BCUT2D eigenvalue weighted by atomic mass is 9.83. The molecule has 0 spiro atoms. The smallest absolute Gasteiger partial charge is 0.227 e. The first kappa shape index (κ1) is 14.3. The fraction of sp³-hybridized carbons (Fsp3) is 0.278. The maximum Gasteiger partial charge on any atom is 0.227 e. The minimum Gasteiger partial charge on any atom is -0.326 e. The topological polar surface area (TPSA) is 29.1 Å². The van der Waals surface area contributed by atoms with Crippen LogP contribution in [0.1, 0.15) is 23.1 Å². The fourth-order valence-corrected chi connectivity index (χ4v) is 3.25. The number of rotatable bonds is 2. The highest BCUT2D eigenvalue weighted by Gasteiger charge is 2.24. The summed E-state index contributed by atoms with van der Waals surface area (Å²) in [6, 6.07) is 14.4. The zero-order valence-electron chi connectivity index (χ0n) is 12.0. The van der Waals surface area contributed by atoms with Crippen LogP contribution in [-0.2, 0) is 17.6 Å². The van der Waals surface area contributed by atoms with Crippen LogP contribution < -0.4 is 5.32 Å². The van der Waals surface area contributed by atoms with Crippen molar-refractivity contribution in [3.63, 3.8) is 0 Å². The van der Waals surface area contributed by atoms with E-state index in [2.05, 4.69) is 45.5 Å². The molecule has 3 heteroatoms. The van der Waals surface area contributed by atoms with Crippen molar-refractivity contribution in [3.8, 4) is 0 Å². The molecule has 0 heterocycles. The van der Waals surface area contributed by atoms with E-state index in [1.165, 1.54) is 11.1 Å². The molecule has 108 valence electrons. The van der Waals surface area contributed by atoms with E-state index >= 15 is 0 Å². The Balaban J connectivity index is 1.74. The lowest BCUT2D eigenvalue weighted by molar-refractivity contribution is -0.120. The van der Waals surface area contributed by atoms with Crippen molar-refractivity contribution in [1.82, 2.24) is 0 Å². The van der Waals surface area contributed by atoms with E-state index in [-0.39, 0.29) is 11.8 Å². The number of aryl methyl sites for hydroxylation is 2. The van der Waals surface area contributed by atoms with Crippen LogP contribution in [0, 0.1) is 12.8 Å². The van der Waals surface area contributed by atoms with Crippen LogP contribution in [0.3, 0.4) is 0 Å². The second kappa shape index (κ2) is 6.02. The van der Waals surface area contributed by atoms with Crippen molar-refractivity contribution >= 4 is 27.5 Å². The summed E-state index contributed by atoms with van der Waals surface area (Å²) in [6.07, 6.45) is 2.76. The van der Waals surface area contributed by atoms with Gasteiger partial charge in [-0.25, -0.2) is 0 Å². The molecular formula is C18H18BrNO. The Morgan fingerprint density at radius 1 is 1.19 bits per heavy atom. The van der Waals surface area contributed by atoms with Crippen LogP contribution in [0.2, 0.25) is 0 Å². The van der Waals surface area contributed by atoms with Gasteiger partial charge in [-0.2, -0.15) is 0 Å². The summed E-state index contributed by atoms with van der Waals surface area (Å²) in [7, 11) is 0.